The Morgan fingerprint density at radius 3 is 1.88 bits per heavy atom. The molecule has 2 saturated heterocycles. The zero-order valence-electron chi connectivity index (χ0n) is 21.5. The predicted octanol–water partition coefficient (Wildman–Crippen LogP) is -0.381. The quantitative estimate of drug-likeness (QED) is 0.290. The van der Waals surface area contributed by atoms with Crippen LogP contribution in [0.25, 0.3) is 0 Å². The van der Waals surface area contributed by atoms with Crippen molar-refractivity contribution >= 4 is 47.3 Å². The normalized spacial score (nSPS) is 22.2. The van der Waals surface area contributed by atoms with Crippen molar-refractivity contribution < 1.29 is 43.4 Å². The van der Waals surface area contributed by atoms with Crippen LogP contribution in [0.4, 0.5) is 0 Å². The summed E-state index contributed by atoms with van der Waals surface area (Å²) >= 11 is 0.938. The first-order chi connectivity index (χ1) is 19.0. The maximum Gasteiger partial charge on any atom is 0.326 e. The molecule has 0 radical (unpaired) electrons. The number of carbonyl (C=O) groups excluding carboxylic acids is 4. The molecule has 14 nitrogen and oxygen atoms in total. The number of hydrogen-bond acceptors (Lipinski definition) is 8. The number of amides is 4. The monoisotopic (exact) mass is 575 g/mol. The summed E-state index contributed by atoms with van der Waals surface area (Å²) in [6.45, 7) is -0.0166. The Morgan fingerprint density at radius 1 is 0.875 bits per heavy atom. The first-order valence-electron chi connectivity index (χ1n) is 12.4. The molecular weight excluding hydrogens is 546 g/mol. The second-order valence-electron chi connectivity index (χ2n) is 9.59. The number of carbonyl (C=O) groups is 6. The molecule has 214 valence electrons. The molecule has 0 saturated carbocycles. The standard InChI is InChI=1S/C25H29N5O9S/c1-28-6-2-4-16(28)22(33)26-14-8-17(24(35)36)29(10-14)20(31)12-40-13-21(32)30-11-15(9-18(30)25(37)38)27-23(34)19-5-3-7-39-19/h2-7,14-15,17-18H,8-13H2,1H3,(H,26,33)(H,27,34)(H,35,36)(H,37,38). The molecule has 2 aromatic heterocycles. The highest BCUT2D eigenvalue weighted by Crippen LogP contribution is 2.23. The van der Waals surface area contributed by atoms with Crippen LogP contribution >= 0.6 is 11.8 Å². The number of hydrogen-bond donors (Lipinski definition) is 4. The van der Waals surface area contributed by atoms with Gasteiger partial charge in [0.25, 0.3) is 11.8 Å². The van der Waals surface area contributed by atoms with E-state index >= 15 is 0 Å². The molecule has 4 rings (SSSR count). The van der Waals surface area contributed by atoms with Crippen molar-refractivity contribution in [2.45, 2.75) is 37.0 Å². The van der Waals surface area contributed by atoms with E-state index in [0.717, 1.165) is 16.7 Å². The van der Waals surface area contributed by atoms with Gasteiger partial charge in [0.1, 0.15) is 17.8 Å². The number of likely N-dealkylation sites (tertiary alicyclic amines) is 2. The molecule has 0 aliphatic carbocycles. The van der Waals surface area contributed by atoms with E-state index in [2.05, 4.69) is 10.6 Å². The van der Waals surface area contributed by atoms with Gasteiger partial charge in [-0.05, 0) is 24.3 Å². The topological polar surface area (TPSA) is 191 Å². The molecule has 40 heavy (non-hydrogen) atoms. The van der Waals surface area contributed by atoms with Crippen molar-refractivity contribution in [2.75, 3.05) is 24.6 Å². The lowest BCUT2D eigenvalue weighted by molar-refractivity contribution is -0.147. The van der Waals surface area contributed by atoms with E-state index in [1.54, 1.807) is 36.0 Å². The molecule has 2 aromatic rings. The summed E-state index contributed by atoms with van der Waals surface area (Å²) in [6.07, 6.45) is 3.09. The lowest BCUT2D eigenvalue weighted by atomic mass is 10.1. The molecular formula is C25H29N5O9S. The van der Waals surface area contributed by atoms with Gasteiger partial charge in [0, 0.05) is 51.3 Å². The van der Waals surface area contributed by atoms with Crippen LogP contribution < -0.4 is 10.6 Å². The molecule has 4 unspecified atom stereocenters. The number of nitrogens with one attached hydrogen (secondary N) is 2. The summed E-state index contributed by atoms with van der Waals surface area (Å²) in [5.74, 6) is -4.72. The van der Waals surface area contributed by atoms with Crippen molar-refractivity contribution in [3.05, 3.63) is 48.2 Å². The van der Waals surface area contributed by atoms with E-state index in [-0.39, 0.29) is 49.1 Å². The smallest absolute Gasteiger partial charge is 0.326 e. The first kappa shape index (κ1) is 28.7. The molecule has 4 atom stereocenters. The Balaban J connectivity index is 1.29. The molecule has 15 heteroatoms. The second kappa shape index (κ2) is 12.3. The number of carboxylic acid groups (broad SMARTS) is 2. The van der Waals surface area contributed by atoms with Gasteiger partial charge >= 0.3 is 11.9 Å². The van der Waals surface area contributed by atoms with Crippen LogP contribution in [-0.4, -0.2) is 109 Å². The predicted molar refractivity (Wildman–Crippen MR) is 139 cm³/mol. The minimum atomic E-state index is -1.21. The van der Waals surface area contributed by atoms with Crippen LogP contribution in [-0.2, 0) is 26.2 Å². The Bertz CT molecular complexity index is 1290. The van der Waals surface area contributed by atoms with Gasteiger partial charge in [-0.25, -0.2) is 9.59 Å². The maximum atomic E-state index is 12.9. The summed E-state index contributed by atoms with van der Waals surface area (Å²) < 4.78 is 6.66. The Morgan fingerprint density at radius 2 is 1.43 bits per heavy atom. The number of aromatic nitrogens is 1. The van der Waals surface area contributed by atoms with Crippen LogP contribution in [0.1, 0.15) is 33.9 Å². The molecule has 0 aromatic carbocycles. The summed E-state index contributed by atoms with van der Waals surface area (Å²) in [5, 5.41) is 24.7. The minimum Gasteiger partial charge on any atom is -0.480 e. The fourth-order valence-corrected chi connectivity index (χ4v) is 5.70. The number of furan rings is 1. The van der Waals surface area contributed by atoms with E-state index < -0.39 is 53.8 Å². The van der Waals surface area contributed by atoms with Crippen molar-refractivity contribution in [3.63, 3.8) is 0 Å². The van der Waals surface area contributed by atoms with Gasteiger partial charge in [0.05, 0.1) is 17.8 Å². The van der Waals surface area contributed by atoms with Gasteiger partial charge in [-0.2, -0.15) is 0 Å². The summed E-state index contributed by atoms with van der Waals surface area (Å²) in [4.78, 5) is 76.4. The SMILES string of the molecule is Cn1cccc1C(=O)NC1CC(C(=O)O)N(C(=O)CSCC(=O)N2CC(NC(=O)c3ccco3)CC2C(=O)O)C1. The Kier molecular flexibility index (Phi) is 8.82. The molecule has 2 aliphatic heterocycles. The van der Waals surface area contributed by atoms with Crippen molar-refractivity contribution in [2.24, 2.45) is 7.05 Å². The van der Waals surface area contributed by atoms with Crippen molar-refractivity contribution in [1.29, 1.82) is 0 Å². The Hall–Kier alpha value is -4.27. The second-order valence-corrected chi connectivity index (χ2v) is 10.6. The van der Waals surface area contributed by atoms with Crippen LogP contribution in [0.5, 0.6) is 0 Å². The largest absolute Gasteiger partial charge is 0.480 e. The highest BCUT2D eigenvalue weighted by molar-refractivity contribution is 8.00. The fourth-order valence-electron chi connectivity index (χ4n) is 4.91. The average Bonchev–Trinajstić information content (AvgIpc) is 3.69. The van der Waals surface area contributed by atoms with Gasteiger partial charge in [0.2, 0.25) is 11.8 Å². The van der Waals surface area contributed by atoms with Crippen LogP contribution in [0, 0.1) is 0 Å². The van der Waals surface area contributed by atoms with Gasteiger partial charge in [0.15, 0.2) is 5.76 Å². The number of carboxylic acids is 2. The van der Waals surface area contributed by atoms with Gasteiger partial charge in [-0.15, -0.1) is 11.8 Å². The van der Waals surface area contributed by atoms with Gasteiger partial charge in [-0.1, -0.05) is 0 Å². The number of aliphatic carboxylic acids is 2. The van der Waals surface area contributed by atoms with E-state index in [1.807, 2.05) is 0 Å². The van der Waals surface area contributed by atoms with E-state index in [0.29, 0.717) is 5.69 Å². The molecule has 4 N–H and O–H groups in total. The van der Waals surface area contributed by atoms with E-state index in [9.17, 15) is 39.0 Å². The minimum absolute atomic E-state index is 0.00469. The molecule has 4 amide bonds. The van der Waals surface area contributed by atoms with Crippen LogP contribution in [0.15, 0.2) is 41.1 Å². The third-order valence-electron chi connectivity index (χ3n) is 6.86. The number of nitrogens with zero attached hydrogens (tertiary/aromatic N) is 3. The molecule has 2 aliphatic rings. The van der Waals surface area contributed by atoms with E-state index in [1.165, 1.54) is 17.2 Å². The van der Waals surface area contributed by atoms with Gasteiger partial charge < -0.3 is 39.6 Å². The highest BCUT2D eigenvalue weighted by atomic mass is 32.2. The lowest BCUT2D eigenvalue weighted by Crippen LogP contribution is -2.43. The summed E-state index contributed by atoms with van der Waals surface area (Å²) in [5.41, 5.74) is 0.398. The van der Waals surface area contributed by atoms with Crippen LogP contribution in [0.3, 0.4) is 0 Å². The van der Waals surface area contributed by atoms with Crippen LogP contribution in [0.2, 0.25) is 0 Å². The summed E-state index contributed by atoms with van der Waals surface area (Å²) in [7, 11) is 1.70. The van der Waals surface area contributed by atoms with Crippen molar-refractivity contribution in [3.8, 4) is 0 Å². The number of thioether (sulfide) groups is 1. The third-order valence-corrected chi connectivity index (χ3v) is 7.76. The number of aryl methyl sites for hydroxylation is 1. The third kappa shape index (κ3) is 6.47. The Labute approximate surface area is 232 Å². The molecule has 0 bridgehead atoms. The fraction of sp³-hybridized carbons (Fsp3) is 0.440. The molecule has 2 fully saturated rings. The first-order valence-corrected chi connectivity index (χ1v) is 13.6. The lowest BCUT2D eigenvalue weighted by Gasteiger charge is -2.23. The van der Waals surface area contributed by atoms with Crippen molar-refractivity contribution in [1.82, 2.24) is 25.0 Å². The number of rotatable bonds is 10. The summed E-state index contributed by atoms with van der Waals surface area (Å²) in [6, 6.07) is 2.90. The highest BCUT2D eigenvalue weighted by Gasteiger charge is 2.42. The van der Waals surface area contributed by atoms with Gasteiger partial charge in [-0.3, -0.25) is 19.2 Å². The molecule has 4 heterocycles. The maximum absolute atomic E-state index is 12.9. The zero-order valence-corrected chi connectivity index (χ0v) is 22.3. The average molecular weight is 576 g/mol. The van der Waals surface area contributed by atoms with E-state index in [4.69, 9.17) is 4.42 Å². The molecule has 0 spiro atoms. The zero-order chi connectivity index (χ0) is 29.0.